The molecule has 0 saturated carbocycles. The molecule has 28 heavy (non-hydrogen) atoms. The van der Waals surface area contributed by atoms with Crippen molar-refractivity contribution in [2.24, 2.45) is 0 Å². The highest BCUT2D eigenvalue weighted by Gasteiger charge is 2.38. The minimum Gasteiger partial charge on any atom is -0.336 e. The molecule has 2 fully saturated rings. The second kappa shape index (κ2) is 7.71. The Balaban J connectivity index is 1.54. The fourth-order valence-electron chi connectivity index (χ4n) is 3.59. The highest BCUT2D eigenvalue weighted by atomic mass is 32.2. The van der Waals surface area contributed by atoms with Crippen LogP contribution >= 0.6 is 0 Å². The van der Waals surface area contributed by atoms with E-state index in [1.165, 1.54) is 4.31 Å². The van der Waals surface area contributed by atoms with E-state index < -0.39 is 10.0 Å². The number of benzene rings is 1. The third-order valence-corrected chi connectivity index (χ3v) is 7.08. The number of urea groups is 1. The Labute approximate surface area is 166 Å². The molecule has 0 radical (unpaired) electrons. The molecule has 0 aromatic heterocycles. The summed E-state index contributed by atoms with van der Waals surface area (Å²) in [4.78, 5) is 28.4. The third kappa shape index (κ3) is 4.30. The summed E-state index contributed by atoms with van der Waals surface area (Å²) >= 11 is 0. The van der Waals surface area contributed by atoms with Gasteiger partial charge in [-0.15, -0.1) is 0 Å². The van der Waals surface area contributed by atoms with Crippen molar-refractivity contribution in [3.05, 3.63) is 30.3 Å². The molecule has 1 aromatic carbocycles. The summed E-state index contributed by atoms with van der Waals surface area (Å²) in [5.41, 5.74) is -0.270. The van der Waals surface area contributed by atoms with Crippen molar-refractivity contribution in [1.82, 2.24) is 19.4 Å². The Morgan fingerprint density at radius 3 is 2.21 bits per heavy atom. The number of sulfonamides is 1. The summed E-state index contributed by atoms with van der Waals surface area (Å²) in [6, 6.07) is 7.85. The van der Waals surface area contributed by atoms with Crippen molar-refractivity contribution in [1.29, 1.82) is 0 Å². The standard InChI is InChI=1S/C19H28N4O4S/c1-19(2,3)23-14-15(13-17(23)24)20-18(25)21-9-11-22(12-10-21)28(26,27)16-7-5-4-6-8-16/h4-8,15H,9-14H2,1-3H3,(H,20,25). The molecule has 2 heterocycles. The van der Waals surface area contributed by atoms with E-state index in [-0.39, 0.29) is 41.5 Å². The molecule has 2 aliphatic rings. The molecule has 1 aromatic rings. The predicted molar refractivity (Wildman–Crippen MR) is 105 cm³/mol. The molecule has 0 bridgehead atoms. The van der Waals surface area contributed by atoms with Gasteiger partial charge in [-0.05, 0) is 32.9 Å². The number of nitrogens with one attached hydrogen (secondary N) is 1. The Bertz CT molecular complexity index is 827. The van der Waals surface area contributed by atoms with Crippen LogP contribution in [-0.4, -0.2) is 78.8 Å². The first-order valence-electron chi connectivity index (χ1n) is 9.50. The SMILES string of the molecule is CC(C)(C)N1CC(NC(=O)N2CCN(S(=O)(=O)c3ccccc3)CC2)CC1=O. The number of amides is 3. The van der Waals surface area contributed by atoms with Gasteiger partial charge in [-0.2, -0.15) is 4.31 Å². The lowest BCUT2D eigenvalue weighted by Gasteiger charge is -2.35. The average Bonchev–Trinajstić information content (AvgIpc) is 3.03. The molecule has 0 spiro atoms. The van der Waals surface area contributed by atoms with Gasteiger partial charge >= 0.3 is 6.03 Å². The number of carbonyl (C=O) groups excluding carboxylic acids is 2. The first-order chi connectivity index (χ1) is 13.1. The summed E-state index contributed by atoms with van der Waals surface area (Å²) in [6.45, 7) is 7.56. The number of hydrogen-bond acceptors (Lipinski definition) is 4. The van der Waals surface area contributed by atoms with E-state index in [0.717, 1.165) is 0 Å². The maximum Gasteiger partial charge on any atom is 0.317 e. The lowest BCUT2D eigenvalue weighted by molar-refractivity contribution is -0.131. The van der Waals surface area contributed by atoms with Gasteiger partial charge in [0.1, 0.15) is 0 Å². The maximum absolute atomic E-state index is 12.7. The van der Waals surface area contributed by atoms with Crippen molar-refractivity contribution in [2.75, 3.05) is 32.7 Å². The first kappa shape index (κ1) is 20.6. The highest BCUT2D eigenvalue weighted by molar-refractivity contribution is 7.89. The molecule has 9 heteroatoms. The molecule has 2 saturated heterocycles. The summed E-state index contributed by atoms with van der Waals surface area (Å²) in [5.74, 6) is 0.0385. The van der Waals surface area contributed by atoms with Crippen molar-refractivity contribution in [3.8, 4) is 0 Å². The smallest absolute Gasteiger partial charge is 0.317 e. The minimum atomic E-state index is -3.54. The molecule has 8 nitrogen and oxygen atoms in total. The van der Waals surface area contributed by atoms with Crippen LogP contribution < -0.4 is 5.32 Å². The van der Waals surface area contributed by atoms with Crippen LogP contribution in [0.15, 0.2) is 35.2 Å². The van der Waals surface area contributed by atoms with Gasteiger partial charge in [-0.1, -0.05) is 18.2 Å². The Morgan fingerprint density at radius 2 is 1.68 bits per heavy atom. The molecule has 3 amide bonds. The van der Waals surface area contributed by atoms with Crippen molar-refractivity contribution < 1.29 is 18.0 Å². The van der Waals surface area contributed by atoms with E-state index in [4.69, 9.17) is 0 Å². The van der Waals surface area contributed by atoms with Gasteiger partial charge in [0.25, 0.3) is 0 Å². The molecular weight excluding hydrogens is 380 g/mol. The Morgan fingerprint density at radius 1 is 1.07 bits per heavy atom. The first-order valence-corrected chi connectivity index (χ1v) is 10.9. The van der Waals surface area contributed by atoms with Crippen LogP contribution in [-0.2, 0) is 14.8 Å². The summed E-state index contributed by atoms with van der Waals surface area (Å²) in [7, 11) is -3.54. The zero-order chi connectivity index (χ0) is 20.5. The van der Waals surface area contributed by atoms with Crippen LogP contribution in [0.3, 0.4) is 0 Å². The largest absolute Gasteiger partial charge is 0.336 e. The van der Waals surface area contributed by atoms with Crippen LogP contribution in [0.2, 0.25) is 0 Å². The number of likely N-dealkylation sites (tertiary alicyclic amines) is 1. The van der Waals surface area contributed by atoms with Crippen LogP contribution in [0.4, 0.5) is 4.79 Å². The lowest BCUT2D eigenvalue weighted by atomic mass is 10.1. The molecule has 0 aliphatic carbocycles. The average molecular weight is 409 g/mol. The van der Waals surface area contributed by atoms with Gasteiger partial charge in [-0.25, -0.2) is 13.2 Å². The van der Waals surface area contributed by atoms with Crippen LogP contribution in [0.5, 0.6) is 0 Å². The Kier molecular flexibility index (Phi) is 5.67. The molecule has 1 N–H and O–H groups in total. The fourth-order valence-corrected chi connectivity index (χ4v) is 5.03. The quantitative estimate of drug-likeness (QED) is 0.811. The molecular formula is C19H28N4O4S. The zero-order valence-electron chi connectivity index (χ0n) is 16.6. The zero-order valence-corrected chi connectivity index (χ0v) is 17.4. The molecule has 2 aliphatic heterocycles. The number of hydrogen-bond donors (Lipinski definition) is 1. The van der Waals surface area contributed by atoms with Crippen molar-refractivity contribution >= 4 is 22.0 Å². The van der Waals surface area contributed by atoms with Crippen LogP contribution in [0.25, 0.3) is 0 Å². The van der Waals surface area contributed by atoms with Gasteiger partial charge in [0, 0.05) is 44.7 Å². The summed E-state index contributed by atoms with van der Waals surface area (Å²) in [5, 5.41) is 2.92. The van der Waals surface area contributed by atoms with Crippen LogP contribution in [0.1, 0.15) is 27.2 Å². The summed E-state index contributed by atoms with van der Waals surface area (Å²) < 4.78 is 26.8. The van der Waals surface area contributed by atoms with Crippen LogP contribution in [0, 0.1) is 0 Å². The Hall–Kier alpha value is -2.13. The fraction of sp³-hybridized carbons (Fsp3) is 0.579. The van der Waals surface area contributed by atoms with E-state index in [1.807, 2.05) is 20.8 Å². The van der Waals surface area contributed by atoms with E-state index in [9.17, 15) is 18.0 Å². The van der Waals surface area contributed by atoms with Crippen molar-refractivity contribution in [2.45, 2.75) is 43.7 Å². The monoisotopic (exact) mass is 408 g/mol. The lowest BCUT2D eigenvalue weighted by Crippen LogP contribution is -2.55. The van der Waals surface area contributed by atoms with E-state index in [0.29, 0.717) is 26.1 Å². The summed E-state index contributed by atoms with van der Waals surface area (Å²) in [6.07, 6.45) is 0.297. The number of rotatable bonds is 3. The maximum atomic E-state index is 12.7. The van der Waals surface area contributed by atoms with Crippen molar-refractivity contribution in [3.63, 3.8) is 0 Å². The molecule has 154 valence electrons. The van der Waals surface area contributed by atoms with E-state index in [2.05, 4.69) is 5.32 Å². The minimum absolute atomic E-state index is 0.0385. The van der Waals surface area contributed by atoms with E-state index >= 15 is 0 Å². The number of carbonyl (C=O) groups is 2. The number of piperazine rings is 1. The highest BCUT2D eigenvalue weighted by Crippen LogP contribution is 2.22. The molecule has 3 rings (SSSR count). The van der Waals surface area contributed by atoms with Gasteiger partial charge < -0.3 is 15.1 Å². The predicted octanol–water partition coefficient (Wildman–Crippen LogP) is 1.10. The normalized spacial score (nSPS) is 21.8. The van der Waals surface area contributed by atoms with Gasteiger partial charge in [0.05, 0.1) is 10.9 Å². The topological polar surface area (TPSA) is 90.0 Å². The van der Waals surface area contributed by atoms with E-state index in [1.54, 1.807) is 40.1 Å². The van der Waals surface area contributed by atoms with Gasteiger partial charge in [-0.3, -0.25) is 4.79 Å². The van der Waals surface area contributed by atoms with Gasteiger partial charge in [0.2, 0.25) is 15.9 Å². The second-order valence-corrected chi connectivity index (χ2v) is 10.2. The second-order valence-electron chi connectivity index (χ2n) is 8.23. The molecule has 1 atom stereocenters. The molecule has 1 unspecified atom stereocenters. The third-order valence-electron chi connectivity index (χ3n) is 5.17. The number of nitrogens with zero attached hydrogens (tertiary/aromatic N) is 3. The van der Waals surface area contributed by atoms with Gasteiger partial charge in [0.15, 0.2) is 0 Å².